The van der Waals surface area contributed by atoms with Crippen molar-refractivity contribution >= 4 is 21.2 Å². The summed E-state index contributed by atoms with van der Waals surface area (Å²) in [6.45, 7) is 0. The molecule has 6 heteroatoms. The van der Waals surface area contributed by atoms with Crippen LogP contribution in [0, 0.1) is 0 Å². The standard InChI is InChI=1S/C13H16N2O2S2/c1-14-13(7-11-8-15-9-18-11)10-4-3-5-12(6-10)19(2,16)17/h3-6,8-9,13-14H,7H2,1-2H3. The van der Waals surface area contributed by atoms with Crippen molar-refractivity contribution in [1.29, 1.82) is 0 Å². The summed E-state index contributed by atoms with van der Waals surface area (Å²) in [4.78, 5) is 5.58. The minimum atomic E-state index is -3.17. The fourth-order valence-electron chi connectivity index (χ4n) is 1.89. The fraction of sp³-hybridized carbons (Fsp3) is 0.308. The lowest BCUT2D eigenvalue weighted by molar-refractivity contribution is 0.590. The van der Waals surface area contributed by atoms with Crippen molar-refractivity contribution in [2.24, 2.45) is 0 Å². The van der Waals surface area contributed by atoms with Gasteiger partial charge in [0.05, 0.1) is 10.4 Å². The molecule has 0 saturated heterocycles. The number of likely N-dealkylation sites (N-methyl/N-ethyl adjacent to an activating group) is 1. The van der Waals surface area contributed by atoms with Crippen LogP contribution in [-0.4, -0.2) is 26.7 Å². The zero-order chi connectivity index (χ0) is 13.9. The molecule has 0 aliphatic carbocycles. The van der Waals surface area contributed by atoms with Crippen LogP contribution in [0.3, 0.4) is 0 Å². The van der Waals surface area contributed by atoms with E-state index in [1.54, 1.807) is 35.0 Å². The number of thiazole rings is 1. The molecule has 1 aromatic carbocycles. The quantitative estimate of drug-likeness (QED) is 0.917. The van der Waals surface area contributed by atoms with E-state index in [9.17, 15) is 8.42 Å². The first-order chi connectivity index (χ1) is 9.00. The minimum absolute atomic E-state index is 0.0853. The summed E-state index contributed by atoms with van der Waals surface area (Å²) >= 11 is 1.60. The number of hydrogen-bond donors (Lipinski definition) is 1. The highest BCUT2D eigenvalue weighted by atomic mass is 32.2. The van der Waals surface area contributed by atoms with Gasteiger partial charge in [0, 0.05) is 29.8 Å². The van der Waals surface area contributed by atoms with Crippen LogP contribution in [-0.2, 0) is 16.3 Å². The average molecular weight is 296 g/mol. The lowest BCUT2D eigenvalue weighted by Crippen LogP contribution is -2.18. The molecule has 4 nitrogen and oxygen atoms in total. The maximum absolute atomic E-state index is 11.6. The smallest absolute Gasteiger partial charge is 0.175 e. The SMILES string of the molecule is CNC(Cc1cncs1)c1cccc(S(C)(=O)=O)c1. The van der Waals surface area contributed by atoms with Gasteiger partial charge in [-0.1, -0.05) is 12.1 Å². The van der Waals surface area contributed by atoms with Gasteiger partial charge in [0.15, 0.2) is 9.84 Å². The Morgan fingerprint density at radius 3 is 2.79 bits per heavy atom. The van der Waals surface area contributed by atoms with Crippen molar-refractivity contribution in [2.45, 2.75) is 17.4 Å². The molecular formula is C13H16N2O2S2. The molecule has 102 valence electrons. The third-order valence-corrected chi connectivity index (χ3v) is 4.84. The van der Waals surface area contributed by atoms with Gasteiger partial charge in [0.2, 0.25) is 0 Å². The average Bonchev–Trinajstić information content (AvgIpc) is 2.88. The third kappa shape index (κ3) is 3.62. The van der Waals surface area contributed by atoms with Crippen molar-refractivity contribution in [3.63, 3.8) is 0 Å². The van der Waals surface area contributed by atoms with Crippen LogP contribution < -0.4 is 5.32 Å². The number of benzene rings is 1. The number of nitrogens with zero attached hydrogens (tertiary/aromatic N) is 1. The van der Waals surface area contributed by atoms with Crippen molar-refractivity contribution in [3.8, 4) is 0 Å². The molecule has 0 saturated carbocycles. The van der Waals surface area contributed by atoms with Gasteiger partial charge in [0.25, 0.3) is 0 Å². The number of nitrogens with one attached hydrogen (secondary N) is 1. The van der Waals surface area contributed by atoms with E-state index in [1.807, 2.05) is 19.3 Å². The molecule has 0 bridgehead atoms. The molecule has 1 heterocycles. The lowest BCUT2D eigenvalue weighted by atomic mass is 10.0. The van der Waals surface area contributed by atoms with Crippen LogP contribution in [0.2, 0.25) is 0 Å². The largest absolute Gasteiger partial charge is 0.313 e. The molecule has 2 aromatic rings. The van der Waals surface area contributed by atoms with Gasteiger partial charge >= 0.3 is 0 Å². The number of sulfone groups is 1. The van der Waals surface area contributed by atoms with Crippen molar-refractivity contribution < 1.29 is 8.42 Å². The zero-order valence-electron chi connectivity index (χ0n) is 10.8. The molecule has 0 aliphatic rings. The van der Waals surface area contributed by atoms with Crippen LogP contribution in [0.4, 0.5) is 0 Å². The molecule has 1 unspecified atom stereocenters. The Labute approximate surface area is 117 Å². The molecule has 0 radical (unpaired) electrons. The lowest BCUT2D eigenvalue weighted by Gasteiger charge is -2.16. The van der Waals surface area contributed by atoms with E-state index in [2.05, 4.69) is 10.3 Å². The Morgan fingerprint density at radius 2 is 2.21 bits per heavy atom. The van der Waals surface area contributed by atoms with E-state index in [0.717, 1.165) is 12.0 Å². The highest BCUT2D eigenvalue weighted by molar-refractivity contribution is 7.90. The predicted octanol–water partition coefficient (Wildman–Crippen LogP) is 2.05. The first-order valence-corrected chi connectivity index (χ1v) is 8.62. The molecule has 2 rings (SSSR count). The Morgan fingerprint density at radius 1 is 1.42 bits per heavy atom. The summed E-state index contributed by atoms with van der Waals surface area (Å²) in [6.07, 6.45) is 3.87. The van der Waals surface area contributed by atoms with Crippen molar-refractivity contribution in [3.05, 3.63) is 46.4 Å². The van der Waals surface area contributed by atoms with E-state index in [4.69, 9.17) is 0 Å². The van der Waals surface area contributed by atoms with Gasteiger partial charge in [-0.2, -0.15) is 0 Å². The van der Waals surface area contributed by atoms with Gasteiger partial charge in [-0.25, -0.2) is 8.42 Å². The molecular weight excluding hydrogens is 280 g/mol. The second-order valence-electron chi connectivity index (χ2n) is 4.36. The van der Waals surface area contributed by atoms with Gasteiger partial charge in [-0.3, -0.25) is 4.98 Å². The summed E-state index contributed by atoms with van der Waals surface area (Å²) in [5, 5.41) is 3.22. The van der Waals surface area contributed by atoms with Crippen LogP contribution in [0.25, 0.3) is 0 Å². The Bertz CT molecular complexity index is 636. The van der Waals surface area contributed by atoms with Gasteiger partial charge in [-0.05, 0) is 24.7 Å². The predicted molar refractivity (Wildman–Crippen MR) is 77.2 cm³/mol. The maximum Gasteiger partial charge on any atom is 0.175 e. The van der Waals surface area contributed by atoms with Gasteiger partial charge in [-0.15, -0.1) is 11.3 Å². The first-order valence-electron chi connectivity index (χ1n) is 5.85. The van der Waals surface area contributed by atoms with E-state index >= 15 is 0 Å². The normalized spacial score (nSPS) is 13.4. The summed E-state index contributed by atoms with van der Waals surface area (Å²) in [7, 11) is -1.29. The van der Waals surface area contributed by atoms with Crippen LogP contribution in [0.15, 0.2) is 40.9 Å². The third-order valence-electron chi connectivity index (χ3n) is 2.93. The second kappa shape index (κ2) is 5.81. The first kappa shape index (κ1) is 14.2. The molecule has 19 heavy (non-hydrogen) atoms. The van der Waals surface area contributed by atoms with E-state index < -0.39 is 9.84 Å². The minimum Gasteiger partial charge on any atom is -0.313 e. The van der Waals surface area contributed by atoms with Crippen LogP contribution in [0.1, 0.15) is 16.5 Å². The van der Waals surface area contributed by atoms with Crippen molar-refractivity contribution in [1.82, 2.24) is 10.3 Å². The summed E-state index contributed by atoms with van der Waals surface area (Å²) in [5.74, 6) is 0. The van der Waals surface area contributed by atoms with Crippen LogP contribution >= 0.6 is 11.3 Å². The topological polar surface area (TPSA) is 59.1 Å². The number of rotatable bonds is 5. The van der Waals surface area contributed by atoms with Gasteiger partial charge in [0.1, 0.15) is 0 Å². The number of hydrogen-bond acceptors (Lipinski definition) is 5. The molecule has 0 amide bonds. The summed E-state index contributed by atoms with van der Waals surface area (Å²) in [5.41, 5.74) is 2.77. The van der Waals surface area contributed by atoms with E-state index in [1.165, 1.54) is 11.1 Å². The molecule has 0 fully saturated rings. The van der Waals surface area contributed by atoms with Crippen LogP contribution in [0.5, 0.6) is 0 Å². The van der Waals surface area contributed by atoms with Crippen molar-refractivity contribution in [2.75, 3.05) is 13.3 Å². The Balaban J connectivity index is 2.28. The van der Waals surface area contributed by atoms with E-state index in [0.29, 0.717) is 4.90 Å². The molecule has 0 spiro atoms. The monoisotopic (exact) mass is 296 g/mol. The van der Waals surface area contributed by atoms with E-state index in [-0.39, 0.29) is 6.04 Å². The highest BCUT2D eigenvalue weighted by Gasteiger charge is 2.14. The molecule has 1 atom stereocenters. The Kier molecular flexibility index (Phi) is 4.34. The molecule has 1 N–H and O–H groups in total. The fourth-order valence-corrected chi connectivity index (χ4v) is 3.21. The number of aromatic nitrogens is 1. The maximum atomic E-state index is 11.6. The van der Waals surface area contributed by atoms with Gasteiger partial charge < -0.3 is 5.32 Å². The second-order valence-corrected chi connectivity index (χ2v) is 7.34. The Hall–Kier alpha value is -1.24. The summed E-state index contributed by atoms with van der Waals surface area (Å²) in [6, 6.07) is 7.16. The zero-order valence-corrected chi connectivity index (χ0v) is 12.5. The summed E-state index contributed by atoms with van der Waals surface area (Å²) < 4.78 is 23.2. The molecule has 0 aliphatic heterocycles. The highest BCUT2D eigenvalue weighted by Crippen LogP contribution is 2.22. The molecule has 1 aromatic heterocycles.